The average Bonchev–Trinajstić information content (AvgIpc) is 2.78. The number of amidine groups is 1. The zero-order valence-corrected chi connectivity index (χ0v) is 10.8. The molecule has 0 radical (unpaired) electrons. The van der Waals surface area contributed by atoms with E-state index in [0.29, 0.717) is 6.54 Å². The zero-order chi connectivity index (χ0) is 12.9. The Morgan fingerprint density at radius 2 is 2.12 bits per heavy atom. The smallest absolute Gasteiger partial charge is 0.280 e. The van der Waals surface area contributed by atoms with Crippen molar-refractivity contribution in [3.8, 4) is 0 Å². The highest BCUT2D eigenvalue weighted by atomic mass is 32.2. The van der Waals surface area contributed by atoms with Gasteiger partial charge in [-0.25, -0.2) is 4.72 Å². The van der Waals surface area contributed by atoms with Gasteiger partial charge in [-0.15, -0.1) is 0 Å². The first-order chi connectivity index (χ1) is 8.01. The van der Waals surface area contributed by atoms with Crippen LogP contribution in [-0.2, 0) is 10.2 Å². The third kappa shape index (κ3) is 3.83. The summed E-state index contributed by atoms with van der Waals surface area (Å²) in [5.41, 5.74) is 5.40. The molecule has 4 N–H and O–H groups in total. The van der Waals surface area contributed by atoms with Gasteiger partial charge < -0.3 is 10.9 Å². The molecule has 1 aliphatic carbocycles. The predicted molar refractivity (Wildman–Crippen MR) is 65.0 cm³/mol. The highest BCUT2D eigenvalue weighted by Gasteiger charge is 2.32. The second kappa shape index (κ2) is 6.18. The largest absolute Gasteiger partial charge is 0.409 e. The fourth-order valence-corrected chi connectivity index (χ4v) is 3.50. The van der Waals surface area contributed by atoms with Crippen molar-refractivity contribution in [1.82, 2.24) is 9.03 Å². The van der Waals surface area contributed by atoms with Crippen molar-refractivity contribution in [2.75, 3.05) is 13.1 Å². The molecule has 0 aromatic rings. The summed E-state index contributed by atoms with van der Waals surface area (Å²) in [7, 11) is -3.55. The number of hydrogen-bond donors (Lipinski definition) is 3. The van der Waals surface area contributed by atoms with Crippen LogP contribution in [0.1, 0.15) is 32.6 Å². The summed E-state index contributed by atoms with van der Waals surface area (Å²) in [6.45, 7) is 1.96. The summed E-state index contributed by atoms with van der Waals surface area (Å²) in [6.07, 6.45) is 3.67. The van der Waals surface area contributed by atoms with E-state index in [1.54, 1.807) is 6.92 Å². The molecule has 8 heteroatoms. The van der Waals surface area contributed by atoms with E-state index in [9.17, 15) is 8.42 Å². The second-order valence-electron chi connectivity index (χ2n) is 4.08. The number of nitrogens with two attached hydrogens (primary N) is 1. The molecule has 0 aromatic carbocycles. The lowest BCUT2D eigenvalue weighted by Gasteiger charge is -2.27. The van der Waals surface area contributed by atoms with Crippen LogP contribution in [0.5, 0.6) is 0 Å². The van der Waals surface area contributed by atoms with Crippen LogP contribution in [0, 0.1) is 0 Å². The molecule has 0 saturated heterocycles. The first-order valence-electron chi connectivity index (χ1n) is 5.74. The van der Waals surface area contributed by atoms with Gasteiger partial charge >= 0.3 is 0 Å². The first kappa shape index (κ1) is 14.2. The number of oxime groups is 1. The van der Waals surface area contributed by atoms with E-state index >= 15 is 0 Å². The Kier molecular flexibility index (Phi) is 5.16. The van der Waals surface area contributed by atoms with Gasteiger partial charge in [-0.3, -0.25) is 0 Å². The van der Waals surface area contributed by atoms with Crippen molar-refractivity contribution in [3.63, 3.8) is 0 Å². The molecular weight excluding hydrogens is 244 g/mol. The monoisotopic (exact) mass is 264 g/mol. The molecule has 1 aliphatic rings. The molecule has 0 spiro atoms. The summed E-state index contributed by atoms with van der Waals surface area (Å²) in [4.78, 5) is 0. The molecule has 1 saturated carbocycles. The van der Waals surface area contributed by atoms with Gasteiger partial charge in [0.1, 0.15) is 0 Å². The molecular formula is C9H20N4O3S. The van der Waals surface area contributed by atoms with E-state index in [-0.39, 0.29) is 18.4 Å². The standard InChI is InChI=1S/C9H20N4O3S/c1-2-11-17(15,16)13(7-9(10)12-14)8-5-3-4-6-8/h8,11,14H,2-7H2,1H3,(H2,10,12). The molecule has 0 aromatic heterocycles. The van der Waals surface area contributed by atoms with Crippen molar-refractivity contribution < 1.29 is 13.6 Å². The Morgan fingerprint density at radius 1 is 1.53 bits per heavy atom. The molecule has 0 bridgehead atoms. The Hall–Kier alpha value is -0.860. The summed E-state index contributed by atoms with van der Waals surface area (Å²) < 4.78 is 27.7. The molecule has 7 nitrogen and oxygen atoms in total. The van der Waals surface area contributed by atoms with Crippen molar-refractivity contribution in [3.05, 3.63) is 0 Å². The van der Waals surface area contributed by atoms with Crippen LogP contribution in [0.4, 0.5) is 0 Å². The maximum absolute atomic E-state index is 12.0. The fraction of sp³-hybridized carbons (Fsp3) is 0.889. The minimum Gasteiger partial charge on any atom is -0.409 e. The molecule has 0 heterocycles. The van der Waals surface area contributed by atoms with Gasteiger partial charge in [-0.05, 0) is 12.8 Å². The zero-order valence-electron chi connectivity index (χ0n) is 9.96. The molecule has 17 heavy (non-hydrogen) atoms. The van der Waals surface area contributed by atoms with E-state index < -0.39 is 10.2 Å². The minimum atomic E-state index is -3.55. The van der Waals surface area contributed by atoms with Crippen molar-refractivity contribution in [1.29, 1.82) is 0 Å². The summed E-state index contributed by atoms with van der Waals surface area (Å²) in [5.74, 6) is -0.0987. The Bertz CT molecular complexity index is 362. The maximum Gasteiger partial charge on any atom is 0.280 e. The maximum atomic E-state index is 12.0. The number of nitrogens with one attached hydrogen (secondary N) is 1. The van der Waals surface area contributed by atoms with Crippen LogP contribution in [0.25, 0.3) is 0 Å². The molecule has 0 atom stereocenters. The number of nitrogens with zero attached hydrogens (tertiary/aromatic N) is 2. The summed E-state index contributed by atoms with van der Waals surface area (Å²) in [5, 5.41) is 11.4. The lowest BCUT2D eigenvalue weighted by molar-refractivity contribution is 0.307. The van der Waals surface area contributed by atoms with Gasteiger partial charge in [-0.2, -0.15) is 12.7 Å². The summed E-state index contributed by atoms with van der Waals surface area (Å²) in [6, 6.07) is -0.0562. The van der Waals surface area contributed by atoms with Gasteiger partial charge in [0.25, 0.3) is 10.2 Å². The van der Waals surface area contributed by atoms with Crippen LogP contribution < -0.4 is 10.5 Å². The van der Waals surface area contributed by atoms with Crippen LogP contribution in [0.3, 0.4) is 0 Å². The minimum absolute atomic E-state index is 0.0562. The molecule has 0 aliphatic heterocycles. The van der Waals surface area contributed by atoms with Gasteiger partial charge in [0.05, 0.1) is 6.54 Å². The Balaban J connectivity index is 2.85. The quantitative estimate of drug-likeness (QED) is 0.268. The van der Waals surface area contributed by atoms with Crippen molar-refractivity contribution in [2.24, 2.45) is 10.9 Å². The normalized spacial score (nSPS) is 19.1. The van der Waals surface area contributed by atoms with Gasteiger partial charge in [-0.1, -0.05) is 24.9 Å². The Labute approximate surface area is 102 Å². The third-order valence-electron chi connectivity index (χ3n) is 2.81. The van der Waals surface area contributed by atoms with Crippen LogP contribution in [0.2, 0.25) is 0 Å². The van der Waals surface area contributed by atoms with E-state index in [1.807, 2.05) is 0 Å². The first-order valence-corrected chi connectivity index (χ1v) is 7.18. The van der Waals surface area contributed by atoms with Crippen molar-refractivity contribution >= 4 is 16.0 Å². The lowest BCUT2D eigenvalue weighted by Crippen LogP contribution is -2.49. The highest BCUT2D eigenvalue weighted by molar-refractivity contribution is 7.87. The van der Waals surface area contributed by atoms with E-state index in [4.69, 9.17) is 10.9 Å². The molecule has 0 amide bonds. The van der Waals surface area contributed by atoms with Gasteiger partial charge in [0.15, 0.2) is 5.84 Å². The van der Waals surface area contributed by atoms with E-state index in [2.05, 4.69) is 9.88 Å². The number of rotatable bonds is 6. The molecule has 1 fully saturated rings. The van der Waals surface area contributed by atoms with Gasteiger partial charge in [0, 0.05) is 12.6 Å². The highest BCUT2D eigenvalue weighted by Crippen LogP contribution is 2.24. The topological polar surface area (TPSA) is 108 Å². The Morgan fingerprint density at radius 3 is 2.59 bits per heavy atom. The molecule has 1 rings (SSSR count). The molecule has 100 valence electrons. The van der Waals surface area contributed by atoms with E-state index in [0.717, 1.165) is 25.7 Å². The van der Waals surface area contributed by atoms with E-state index in [1.165, 1.54) is 4.31 Å². The lowest BCUT2D eigenvalue weighted by atomic mass is 10.2. The SMILES string of the molecule is CCNS(=O)(=O)N(CC(N)=NO)C1CCCC1. The molecule has 0 unspecified atom stereocenters. The summed E-state index contributed by atoms with van der Waals surface area (Å²) >= 11 is 0. The third-order valence-corrected chi connectivity index (χ3v) is 4.51. The van der Waals surface area contributed by atoms with Crippen molar-refractivity contribution in [2.45, 2.75) is 38.6 Å². The predicted octanol–water partition coefficient (Wildman–Crippen LogP) is -0.168. The average molecular weight is 264 g/mol. The van der Waals surface area contributed by atoms with Crippen LogP contribution in [0.15, 0.2) is 5.16 Å². The second-order valence-corrected chi connectivity index (χ2v) is 5.79. The van der Waals surface area contributed by atoms with Crippen LogP contribution >= 0.6 is 0 Å². The van der Waals surface area contributed by atoms with Gasteiger partial charge in [0.2, 0.25) is 0 Å². The van der Waals surface area contributed by atoms with Crippen LogP contribution in [-0.4, -0.2) is 42.9 Å². The number of hydrogen-bond acceptors (Lipinski definition) is 4. The fourth-order valence-electron chi connectivity index (χ4n) is 2.06.